The van der Waals surface area contributed by atoms with Crippen LogP contribution in [0.4, 0.5) is 13.4 Å². The van der Waals surface area contributed by atoms with E-state index in [9.17, 15) is 26.6 Å². The number of halogens is 4. The summed E-state index contributed by atoms with van der Waals surface area (Å²) in [6, 6.07) is 4.36. The highest BCUT2D eigenvalue weighted by molar-refractivity contribution is 7.87. The quantitative estimate of drug-likeness (QED) is 0.450. The molecule has 21 heavy (non-hydrogen) atoms. The van der Waals surface area contributed by atoms with Crippen LogP contribution in [0.2, 0.25) is 5.02 Å². The fourth-order valence-electron chi connectivity index (χ4n) is 1.40. The van der Waals surface area contributed by atoms with Crippen LogP contribution in [0.25, 0.3) is 0 Å². The topological polar surface area (TPSA) is 63.7 Å². The average molecular weight is 346 g/mol. The first-order chi connectivity index (χ1) is 9.63. The molecule has 0 heterocycles. The zero-order valence-electron chi connectivity index (χ0n) is 10.7. The molecule has 0 radical (unpaired) electrons. The van der Waals surface area contributed by atoms with Crippen LogP contribution in [-0.2, 0) is 19.1 Å². The Labute approximate surface area is 124 Å². The van der Waals surface area contributed by atoms with Crippen molar-refractivity contribution in [2.75, 3.05) is 0 Å². The van der Waals surface area contributed by atoms with Crippen molar-refractivity contribution in [3.05, 3.63) is 29.3 Å². The maximum atomic E-state index is 13.8. The van der Waals surface area contributed by atoms with E-state index in [-0.39, 0.29) is 11.4 Å². The summed E-state index contributed by atoms with van der Waals surface area (Å²) in [6.07, 6.45) is -1.05. The molecule has 0 aliphatic rings. The predicted octanol–water partition coefficient (Wildman–Crippen LogP) is 3.11. The standard InChI is InChI=1S/C11H11ClF3NO4S/c1-2-7-11(13,16(14)15)10(17)20-21(18,19)9-5-3-8(12)4-6-9/h3-6H,2,7H2,1H3/t11-/m0/s1. The number of carbonyl (C=O) groups excluding carboxylic acids is 1. The lowest BCUT2D eigenvalue weighted by molar-refractivity contribution is -0.276. The molecule has 0 fully saturated rings. The van der Waals surface area contributed by atoms with Crippen LogP contribution >= 0.6 is 11.6 Å². The summed E-state index contributed by atoms with van der Waals surface area (Å²) >= 11 is 5.55. The summed E-state index contributed by atoms with van der Waals surface area (Å²) in [5.74, 6) is -6.03. The van der Waals surface area contributed by atoms with Gasteiger partial charge in [-0.2, -0.15) is 8.42 Å². The fraction of sp³-hybridized carbons (Fsp3) is 0.364. The number of benzene rings is 1. The Balaban J connectivity index is 3.02. The highest BCUT2D eigenvalue weighted by Gasteiger charge is 2.50. The van der Waals surface area contributed by atoms with Crippen LogP contribution in [0.15, 0.2) is 29.2 Å². The van der Waals surface area contributed by atoms with Crippen LogP contribution in [0.1, 0.15) is 19.8 Å². The molecular formula is C11H11ClF3NO4S. The van der Waals surface area contributed by atoms with Crippen LogP contribution < -0.4 is 0 Å². The molecule has 0 aliphatic carbocycles. The summed E-state index contributed by atoms with van der Waals surface area (Å²) in [6.45, 7) is 1.35. The van der Waals surface area contributed by atoms with Gasteiger partial charge in [-0.25, -0.2) is 9.18 Å². The van der Waals surface area contributed by atoms with Crippen molar-refractivity contribution in [2.24, 2.45) is 0 Å². The van der Waals surface area contributed by atoms with Crippen molar-refractivity contribution in [2.45, 2.75) is 30.5 Å². The van der Waals surface area contributed by atoms with E-state index in [0.29, 0.717) is 0 Å². The SMILES string of the molecule is CCC[C@@](F)(C(=O)OS(=O)(=O)c1ccc(Cl)cc1)N(F)F. The van der Waals surface area contributed by atoms with Gasteiger partial charge in [0, 0.05) is 11.4 Å². The third-order valence-electron chi connectivity index (χ3n) is 2.45. The highest BCUT2D eigenvalue weighted by Crippen LogP contribution is 2.28. The smallest absolute Gasteiger partial charge is 0.338 e. The van der Waals surface area contributed by atoms with Crippen molar-refractivity contribution in [3.8, 4) is 0 Å². The summed E-state index contributed by atoms with van der Waals surface area (Å²) in [7, 11) is -4.72. The van der Waals surface area contributed by atoms with Gasteiger partial charge in [-0.1, -0.05) is 33.9 Å². The van der Waals surface area contributed by atoms with E-state index in [0.717, 1.165) is 12.1 Å². The Hall–Kier alpha value is -1.32. The van der Waals surface area contributed by atoms with Gasteiger partial charge >= 0.3 is 21.9 Å². The van der Waals surface area contributed by atoms with Gasteiger partial charge in [0.25, 0.3) is 0 Å². The Kier molecular flexibility index (Phi) is 5.60. The van der Waals surface area contributed by atoms with E-state index < -0.39 is 38.5 Å². The molecule has 0 spiro atoms. The zero-order chi connectivity index (χ0) is 16.3. The van der Waals surface area contributed by atoms with Gasteiger partial charge in [0.1, 0.15) is 4.90 Å². The molecule has 0 saturated heterocycles. The maximum absolute atomic E-state index is 13.8. The fourth-order valence-corrected chi connectivity index (χ4v) is 2.42. The first-order valence-electron chi connectivity index (χ1n) is 5.68. The lowest BCUT2D eigenvalue weighted by atomic mass is 10.1. The number of rotatable bonds is 6. The third-order valence-corrected chi connectivity index (χ3v) is 3.92. The van der Waals surface area contributed by atoms with Crippen molar-refractivity contribution < 1.29 is 30.7 Å². The van der Waals surface area contributed by atoms with Crippen molar-refractivity contribution >= 4 is 27.7 Å². The third kappa shape index (κ3) is 4.08. The second-order valence-electron chi connectivity index (χ2n) is 4.02. The van der Waals surface area contributed by atoms with Crippen LogP contribution in [-0.4, -0.2) is 25.5 Å². The number of hydrogen-bond acceptors (Lipinski definition) is 5. The molecule has 10 heteroatoms. The minimum atomic E-state index is -4.72. The summed E-state index contributed by atoms with van der Waals surface area (Å²) in [4.78, 5) is 10.9. The van der Waals surface area contributed by atoms with Crippen LogP contribution in [0.3, 0.4) is 0 Å². The van der Waals surface area contributed by atoms with Gasteiger partial charge in [-0.05, 0) is 24.3 Å². The molecule has 0 amide bonds. The molecule has 1 rings (SSSR count). The minimum Gasteiger partial charge on any atom is -0.338 e. The molecule has 0 saturated carbocycles. The normalized spacial score (nSPS) is 14.8. The molecule has 1 aromatic carbocycles. The zero-order valence-corrected chi connectivity index (χ0v) is 12.3. The lowest BCUT2D eigenvalue weighted by Gasteiger charge is -2.21. The average Bonchev–Trinajstić information content (AvgIpc) is 2.38. The molecule has 118 valence electrons. The van der Waals surface area contributed by atoms with Crippen molar-refractivity contribution in [1.29, 1.82) is 0 Å². The van der Waals surface area contributed by atoms with Crippen LogP contribution in [0.5, 0.6) is 0 Å². The first-order valence-corrected chi connectivity index (χ1v) is 7.47. The lowest BCUT2D eigenvalue weighted by Crippen LogP contribution is -2.45. The van der Waals surface area contributed by atoms with E-state index in [2.05, 4.69) is 4.18 Å². The first kappa shape index (κ1) is 17.7. The maximum Gasteiger partial charge on any atom is 0.380 e. The Morgan fingerprint density at radius 3 is 2.29 bits per heavy atom. The predicted molar refractivity (Wildman–Crippen MR) is 67.5 cm³/mol. The Bertz CT molecular complexity index is 608. The highest BCUT2D eigenvalue weighted by atomic mass is 35.5. The van der Waals surface area contributed by atoms with Crippen molar-refractivity contribution in [1.82, 2.24) is 5.34 Å². The van der Waals surface area contributed by atoms with E-state index in [4.69, 9.17) is 11.6 Å². The monoisotopic (exact) mass is 345 g/mol. The number of carbonyl (C=O) groups is 1. The van der Waals surface area contributed by atoms with Gasteiger partial charge in [-0.15, -0.1) is 0 Å². The largest absolute Gasteiger partial charge is 0.380 e. The Morgan fingerprint density at radius 1 is 1.33 bits per heavy atom. The van der Waals surface area contributed by atoms with E-state index in [1.807, 2.05) is 0 Å². The molecule has 1 aromatic rings. The van der Waals surface area contributed by atoms with E-state index >= 15 is 0 Å². The summed E-state index contributed by atoms with van der Waals surface area (Å²) < 4.78 is 66.2. The van der Waals surface area contributed by atoms with Gasteiger partial charge < -0.3 is 4.18 Å². The molecule has 1 atom stereocenters. The van der Waals surface area contributed by atoms with Gasteiger partial charge in [0.05, 0.1) is 5.34 Å². The number of alkyl halides is 1. The minimum absolute atomic E-state index is 0.128. The van der Waals surface area contributed by atoms with Gasteiger partial charge in [0.2, 0.25) is 0 Å². The van der Waals surface area contributed by atoms with Crippen LogP contribution in [0, 0.1) is 0 Å². The number of hydrogen-bond donors (Lipinski definition) is 0. The summed E-state index contributed by atoms with van der Waals surface area (Å²) in [5, 5.41) is -1.79. The molecule has 0 aromatic heterocycles. The Morgan fingerprint density at radius 2 is 1.86 bits per heavy atom. The second-order valence-corrected chi connectivity index (χ2v) is 6.00. The molecule has 5 nitrogen and oxygen atoms in total. The second kappa shape index (κ2) is 6.63. The summed E-state index contributed by atoms with van der Waals surface area (Å²) in [5.41, 5.74) is 0. The molecule has 0 N–H and O–H groups in total. The molecule has 0 aliphatic heterocycles. The van der Waals surface area contributed by atoms with E-state index in [1.165, 1.54) is 19.1 Å². The molecule has 0 unspecified atom stereocenters. The van der Waals surface area contributed by atoms with E-state index in [1.54, 1.807) is 0 Å². The van der Waals surface area contributed by atoms with Gasteiger partial charge in [0.15, 0.2) is 0 Å². The van der Waals surface area contributed by atoms with Gasteiger partial charge in [-0.3, -0.25) is 0 Å². The molecular weight excluding hydrogens is 335 g/mol. The number of nitrogens with zero attached hydrogens (tertiary/aromatic N) is 1. The molecule has 0 bridgehead atoms. The van der Waals surface area contributed by atoms with Crippen molar-refractivity contribution in [3.63, 3.8) is 0 Å².